The molecule has 20 heavy (non-hydrogen) atoms. The van der Waals surface area contributed by atoms with Crippen molar-refractivity contribution in [3.05, 3.63) is 28.8 Å². The molecule has 1 saturated heterocycles. The number of hydrogen-bond donors (Lipinski definition) is 2. The normalized spacial score (nSPS) is 23.8. The highest BCUT2D eigenvalue weighted by Crippen LogP contribution is 2.21. The second kappa shape index (κ2) is 6.76. The van der Waals surface area contributed by atoms with E-state index in [0.29, 0.717) is 18.2 Å². The fourth-order valence-corrected chi connectivity index (χ4v) is 2.25. The summed E-state index contributed by atoms with van der Waals surface area (Å²) in [6, 6.07) is 5.48. The number of rotatable bonds is 6. The zero-order valence-corrected chi connectivity index (χ0v) is 12.7. The first-order valence-electron chi connectivity index (χ1n) is 6.88. The van der Waals surface area contributed by atoms with Gasteiger partial charge in [-0.25, -0.2) is 0 Å². The Morgan fingerprint density at radius 3 is 3.00 bits per heavy atom. The highest BCUT2D eigenvalue weighted by Gasteiger charge is 2.29. The first-order valence-corrected chi connectivity index (χ1v) is 7.26. The molecule has 0 spiro atoms. The zero-order valence-electron chi connectivity index (χ0n) is 12.0. The molecule has 0 radical (unpaired) electrons. The Labute approximate surface area is 125 Å². The Bertz CT molecular complexity index is 447. The van der Waals surface area contributed by atoms with Crippen LogP contribution in [0, 0.1) is 6.92 Å². The Kier molecular flexibility index (Phi) is 5.27. The first-order chi connectivity index (χ1) is 9.48. The summed E-state index contributed by atoms with van der Waals surface area (Å²) in [5.41, 5.74) is 0.935. The lowest BCUT2D eigenvalue weighted by atomic mass is 10.0. The maximum atomic E-state index is 9.95. The van der Waals surface area contributed by atoms with Crippen molar-refractivity contribution in [2.45, 2.75) is 31.9 Å². The SMILES string of the molecule is Cc1cc(OCC(O)CNC2(C)CCOC2)ccc1Cl. The molecular formula is C15H22ClNO3. The predicted molar refractivity (Wildman–Crippen MR) is 79.5 cm³/mol. The number of aliphatic hydroxyl groups excluding tert-OH is 1. The van der Waals surface area contributed by atoms with Crippen molar-refractivity contribution in [1.29, 1.82) is 0 Å². The number of aryl methyl sites for hydroxylation is 1. The molecule has 0 bridgehead atoms. The van der Waals surface area contributed by atoms with Crippen LogP contribution in [-0.2, 0) is 4.74 Å². The van der Waals surface area contributed by atoms with Gasteiger partial charge in [-0.1, -0.05) is 11.6 Å². The molecule has 2 N–H and O–H groups in total. The van der Waals surface area contributed by atoms with Crippen molar-refractivity contribution in [1.82, 2.24) is 5.32 Å². The van der Waals surface area contributed by atoms with Crippen molar-refractivity contribution >= 4 is 11.6 Å². The summed E-state index contributed by atoms with van der Waals surface area (Å²) < 4.78 is 10.9. The van der Waals surface area contributed by atoms with Crippen LogP contribution in [0.3, 0.4) is 0 Å². The monoisotopic (exact) mass is 299 g/mol. The summed E-state index contributed by atoms with van der Waals surface area (Å²) in [4.78, 5) is 0. The van der Waals surface area contributed by atoms with Gasteiger partial charge in [0.15, 0.2) is 0 Å². The molecule has 1 aliphatic heterocycles. The summed E-state index contributed by atoms with van der Waals surface area (Å²) in [6.45, 7) is 6.25. The fraction of sp³-hybridized carbons (Fsp3) is 0.600. The van der Waals surface area contributed by atoms with Gasteiger partial charge in [0.2, 0.25) is 0 Å². The average Bonchev–Trinajstić information content (AvgIpc) is 2.85. The van der Waals surface area contributed by atoms with Crippen molar-refractivity contribution in [3.8, 4) is 5.75 Å². The van der Waals surface area contributed by atoms with Crippen LogP contribution in [0.1, 0.15) is 18.9 Å². The van der Waals surface area contributed by atoms with Gasteiger partial charge in [0.05, 0.1) is 6.61 Å². The van der Waals surface area contributed by atoms with Gasteiger partial charge in [-0.2, -0.15) is 0 Å². The highest BCUT2D eigenvalue weighted by molar-refractivity contribution is 6.31. The van der Waals surface area contributed by atoms with Crippen molar-refractivity contribution in [2.24, 2.45) is 0 Å². The molecule has 0 aliphatic carbocycles. The lowest BCUT2D eigenvalue weighted by molar-refractivity contribution is 0.0944. The maximum absolute atomic E-state index is 9.95. The molecule has 2 rings (SSSR count). The van der Waals surface area contributed by atoms with E-state index >= 15 is 0 Å². The molecule has 112 valence electrons. The molecule has 0 saturated carbocycles. The van der Waals surface area contributed by atoms with Crippen LogP contribution in [0.25, 0.3) is 0 Å². The van der Waals surface area contributed by atoms with Gasteiger partial charge in [-0.3, -0.25) is 0 Å². The van der Waals surface area contributed by atoms with Crippen LogP contribution in [0.2, 0.25) is 5.02 Å². The van der Waals surface area contributed by atoms with E-state index in [2.05, 4.69) is 12.2 Å². The van der Waals surface area contributed by atoms with Crippen LogP contribution >= 0.6 is 11.6 Å². The largest absolute Gasteiger partial charge is 0.491 e. The molecule has 1 aromatic carbocycles. The van der Waals surface area contributed by atoms with Gasteiger partial charge in [0, 0.05) is 23.7 Å². The van der Waals surface area contributed by atoms with E-state index in [9.17, 15) is 5.11 Å². The quantitative estimate of drug-likeness (QED) is 0.845. The summed E-state index contributed by atoms with van der Waals surface area (Å²) in [6.07, 6.45) is 0.417. The predicted octanol–water partition coefficient (Wildman–Crippen LogP) is 2.16. The third-order valence-electron chi connectivity index (χ3n) is 3.56. The summed E-state index contributed by atoms with van der Waals surface area (Å²) in [7, 11) is 0. The van der Waals surface area contributed by atoms with Crippen molar-refractivity contribution in [3.63, 3.8) is 0 Å². The molecular weight excluding hydrogens is 278 g/mol. The molecule has 1 aliphatic rings. The molecule has 1 fully saturated rings. The molecule has 1 heterocycles. The first kappa shape index (κ1) is 15.6. The van der Waals surface area contributed by atoms with Gasteiger partial charge in [0.25, 0.3) is 0 Å². The number of halogens is 1. The van der Waals surface area contributed by atoms with Gasteiger partial charge >= 0.3 is 0 Å². The summed E-state index contributed by atoms with van der Waals surface area (Å²) >= 11 is 5.95. The fourth-order valence-electron chi connectivity index (χ4n) is 2.13. The topological polar surface area (TPSA) is 50.7 Å². The van der Waals surface area contributed by atoms with Gasteiger partial charge in [-0.05, 0) is 44.0 Å². The molecule has 5 heteroatoms. The lowest BCUT2D eigenvalue weighted by Crippen LogP contribution is -2.47. The summed E-state index contributed by atoms with van der Waals surface area (Å²) in [5.74, 6) is 0.723. The van der Waals surface area contributed by atoms with E-state index in [4.69, 9.17) is 21.1 Å². The average molecular weight is 300 g/mol. The molecule has 2 atom stereocenters. The number of benzene rings is 1. The molecule has 1 aromatic rings. The van der Waals surface area contributed by atoms with Crippen LogP contribution < -0.4 is 10.1 Å². The van der Waals surface area contributed by atoms with Crippen LogP contribution in [0.5, 0.6) is 5.75 Å². The van der Waals surface area contributed by atoms with Gasteiger partial charge in [0.1, 0.15) is 18.5 Å². The van der Waals surface area contributed by atoms with Gasteiger partial charge < -0.3 is 19.9 Å². The lowest BCUT2D eigenvalue weighted by Gasteiger charge is -2.25. The number of aliphatic hydroxyl groups is 1. The number of hydrogen-bond acceptors (Lipinski definition) is 4. The van der Waals surface area contributed by atoms with E-state index in [1.165, 1.54) is 0 Å². The van der Waals surface area contributed by atoms with E-state index in [0.717, 1.165) is 24.3 Å². The van der Waals surface area contributed by atoms with E-state index in [-0.39, 0.29) is 12.1 Å². The maximum Gasteiger partial charge on any atom is 0.119 e. The van der Waals surface area contributed by atoms with Gasteiger partial charge in [-0.15, -0.1) is 0 Å². The zero-order chi connectivity index (χ0) is 14.6. The standard InChI is InChI=1S/C15H22ClNO3/c1-11-7-13(3-4-14(11)16)20-9-12(18)8-17-15(2)5-6-19-10-15/h3-4,7,12,17-18H,5-6,8-10H2,1-2H3. The van der Waals surface area contributed by atoms with E-state index < -0.39 is 6.10 Å². The van der Waals surface area contributed by atoms with Crippen LogP contribution in [0.4, 0.5) is 0 Å². The van der Waals surface area contributed by atoms with Crippen LogP contribution in [0.15, 0.2) is 18.2 Å². The Morgan fingerprint density at radius 2 is 2.35 bits per heavy atom. The molecule has 0 amide bonds. The molecule has 0 aromatic heterocycles. The number of β-amino-alcohol motifs (C(OH)–C–C–N with tert-alkyl or cyclic N) is 1. The van der Waals surface area contributed by atoms with Crippen molar-refractivity contribution in [2.75, 3.05) is 26.4 Å². The third kappa shape index (κ3) is 4.35. The third-order valence-corrected chi connectivity index (χ3v) is 3.98. The smallest absolute Gasteiger partial charge is 0.119 e. The minimum absolute atomic E-state index is 0.0299. The minimum Gasteiger partial charge on any atom is -0.491 e. The number of nitrogens with one attached hydrogen (secondary N) is 1. The summed E-state index contributed by atoms with van der Waals surface area (Å²) in [5, 5.41) is 14.0. The minimum atomic E-state index is -0.552. The highest BCUT2D eigenvalue weighted by atomic mass is 35.5. The second-order valence-corrected chi connectivity index (χ2v) is 6.03. The number of ether oxygens (including phenoxy) is 2. The van der Waals surface area contributed by atoms with Crippen LogP contribution in [-0.4, -0.2) is 43.1 Å². The molecule has 2 unspecified atom stereocenters. The van der Waals surface area contributed by atoms with E-state index in [1.807, 2.05) is 19.1 Å². The second-order valence-electron chi connectivity index (χ2n) is 5.62. The Balaban J connectivity index is 1.74. The van der Waals surface area contributed by atoms with Crippen molar-refractivity contribution < 1.29 is 14.6 Å². The Hall–Kier alpha value is -0.810. The Morgan fingerprint density at radius 1 is 1.55 bits per heavy atom. The van der Waals surface area contributed by atoms with E-state index in [1.54, 1.807) is 6.07 Å². The molecule has 4 nitrogen and oxygen atoms in total.